The Kier molecular flexibility index (Phi) is 5.74. The Bertz CT molecular complexity index is 537. The van der Waals surface area contributed by atoms with Gasteiger partial charge in [0.25, 0.3) is 0 Å². The summed E-state index contributed by atoms with van der Waals surface area (Å²) in [5, 5.41) is 12.8. The minimum absolute atomic E-state index is 0.0250. The molecule has 120 valence electrons. The minimum Gasteiger partial charge on any atom is -0.396 e. The van der Waals surface area contributed by atoms with Crippen LogP contribution in [0.5, 0.6) is 0 Å². The molecule has 1 fully saturated rings. The molecule has 2 rings (SSSR count). The van der Waals surface area contributed by atoms with E-state index >= 15 is 0 Å². The maximum Gasteiger partial charge on any atom is 0.246 e. The van der Waals surface area contributed by atoms with E-state index in [2.05, 4.69) is 5.10 Å². The normalized spacial score (nSPS) is 20.0. The van der Waals surface area contributed by atoms with Gasteiger partial charge >= 0.3 is 0 Å². The summed E-state index contributed by atoms with van der Waals surface area (Å²) in [7, 11) is -1.97. The van der Waals surface area contributed by atoms with Gasteiger partial charge in [0.1, 0.15) is 4.90 Å². The van der Waals surface area contributed by atoms with Crippen LogP contribution < -0.4 is 0 Å². The third kappa shape index (κ3) is 4.26. The van der Waals surface area contributed by atoms with Crippen LogP contribution in [0, 0.1) is 0 Å². The van der Waals surface area contributed by atoms with Gasteiger partial charge < -0.3 is 9.84 Å². The lowest BCUT2D eigenvalue weighted by Crippen LogP contribution is -2.37. The molecule has 1 unspecified atom stereocenters. The molecule has 0 amide bonds. The van der Waals surface area contributed by atoms with Crippen LogP contribution >= 0.6 is 0 Å². The second-order valence-corrected chi connectivity index (χ2v) is 7.34. The van der Waals surface area contributed by atoms with Gasteiger partial charge in [-0.15, -0.1) is 0 Å². The summed E-state index contributed by atoms with van der Waals surface area (Å²) in [6.07, 6.45) is 6.40. The number of nitrogens with zero attached hydrogens (tertiary/aromatic N) is 3. The van der Waals surface area contributed by atoms with E-state index in [0.717, 1.165) is 19.3 Å². The van der Waals surface area contributed by atoms with Gasteiger partial charge in [0, 0.05) is 39.5 Å². The van der Waals surface area contributed by atoms with Gasteiger partial charge in [-0.25, -0.2) is 8.42 Å². The summed E-state index contributed by atoms with van der Waals surface area (Å²) in [5.41, 5.74) is 0. The first kappa shape index (κ1) is 16.4. The third-order valence-corrected chi connectivity index (χ3v) is 5.37. The fourth-order valence-electron chi connectivity index (χ4n) is 2.35. The number of ether oxygens (including phenoxy) is 1. The van der Waals surface area contributed by atoms with Gasteiger partial charge in [0.15, 0.2) is 0 Å². The van der Waals surface area contributed by atoms with Crippen molar-refractivity contribution in [3.63, 3.8) is 0 Å². The molecule has 0 saturated carbocycles. The van der Waals surface area contributed by atoms with Crippen molar-refractivity contribution in [1.82, 2.24) is 14.1 Å². The van der Waals surface area contributed by atoms with E-state index in [1.54, 1.807) is 7.05 Å². The quantitative estimate of drug-likeness (QED) is 0.789. The Hall–Kier alpha value is -0.960. The smallest absolute Gasteiger partial charge is 0.246 e. The molecule has 1 saturated heterocycles. The molecule has 0 aromatic carbocycles. The number of hydrogen-bond acceptors (Lipinski definition) is 5. The van der Waals surface area contributed by atoms with Crippen molar-refractivity contribution in [3.05, 3.63) is 12.4 Å². The lowest BCUT2D eigenvalue weighted by molar-refractivity contribution is 0.00858. The summed E-state index contributed by atoms with van der Waals surface area (Å²) < 4.78 is 33.4. The number of aromatic nitrogens is 2. The fourth-order valence-corrected chi connectivity index (χ4v) is 3.51. The first-order valence-electron chi connectivity index (χ1n) is 7.25. The molecular weight excluding hydrogens is 294 g/mol. The second kappa shape index (κ2) is 7.35. The lowest BCUT2D eigenvalue weighted by Gasteiger charge is -2.26. The maximum atomic E-state index is 12.5. The van der Waals surface area contributed by atoms with Crippen LogP contribution in [0.25, 0.3) is 0 Å². The Labute approximate surface area is 125 Å². The van der Waals surface area contributed by atoms with Crippen molar-refractivity contribution in [3.8, 4) is 0 Å². The molecule has 1 atom stereocenters. The molecule has 0 bridgehead atoms. The van der Waals surface area contributed by atoms with Gasteiger partial charge in [-0.2, -0.15) is 9.40 Å². The number of aliphatic hydroxyl groups excluding tert-OH is 1. The summed E-state index contributed by atoms with van der Waals surface area (Å²) in [6, 6.07) is 0. The molecular formula is C13H23N3O4S. The van der Waals surface area contributed by atoms with Crippen molar-refractivity contribution >= 4 is 10.0 Å². The standard InChI is InChI=1S/C13H23N3O4S/c1-15(10-12-5-2-3-8-20-12)21(18,19)13-9-14-16(11-13)6-4-7-17/h9,11-12,17H,2-8,10H2,1H3. The number of likely N-dealkylation sites (N-methyl/N-ethyl adjacent to an activating group) is 1. The van der Waals surface area contributed by atoms with Gasteiger partial charge in [-0.3, -0.25) is 4.68 Å². The molecule has 1 aromatic rings. The predicted octanol–water partition coefficient (Wildman–Crippen LogP) is 0.455. The number of aliphatic hydroxyl groups is 1. The highest BCUT2D eigenvalue weighted by Gasteiger charge is 2.26. The Balaban J connectivity index is 2.00. The van der Waals surface area contributed by atoms with E-state index in [4.69, 9.17) is 9.84 Å². The summed E-state index contributed by atoms with van der Waals surface area (Å²) in [6.45, 7) is 1.63. The zero-order valence-electron chi connectivity index (χ0n) is 12.3. The van der Waals surface area contributed by atoms with Crippen molar-refractivity contribution in [2.45, 2.75) is 43.2 Å². The zero-order chi connectivity index (χ0) is 15.3. The van der Waals surface area contributed by atoms with Crippen LogP contribution in [-0.2, 0) is 21.3 Å². The van der Waals surface area contributed by atoms with Crippen LogP contribution in [-0.4, -0.2) is 60.5 Å². The average molecular weight is 317 g/mol. The summed E-state index contributed by atoms with van der Waals surface area (Å²) in [4.78, 5) is 0.179. The Morgan fingerprint density at radius 1 is 1.52 bits per heavy atom. The lowest BCUT2D eigenvalue weighted by atomic mass is 10.1. The van der Waals surface area contributed by atoms with Gasteiger partial charge in [-0.05, 0) is 25.7 Å². The van der Waals surface area contributed by atoms with E-state index in [-0.39, 0.29) is 17.6 Å². The third-order valence-electron chi connectivity index (χ3n) is 3.60. The van der Waals surface area contributed by atoms with Crippen molar-refractivity contribution in [1.29, 1.82) is 0 Å². The van der Waals surface area contributed by atoms with Gasteiger partial charge in [0.05, 0.1) is 12.3 Å². The predicted molar refractivity (Wildman–Crippen MR) is 77.3 cm³/mol. The van der Waals surface area contributed by atoms with Gasteiger partial charge in [0.2, 0.25) is 10.0 Å². The van der Waals surface area contributed by atoms with Crippen molar-refractivity contribution < 1.29 is 18.3 Å². The van der Waals surface area contributed by atoms with E-state index < -0.39 is 10.0 Å². The number of sulfonamides is 1. The van der Waals surface area contributed by atoms with Crippen LogP contribution in [0.1, 0.15) is 25.7 Å². The zero-order valence-corrected chi connectivity index (χ0v) is 13.1. The first-order valence-corrected chi connectivity index (χ1v) is 8.69. The number of aryl methyl sites for hydroxylation is 1. The maximum absolute atomic E-state index is 12.5. The topological polar surface area (TPSA) is 84.7 Å². The van der Waals surface area contributed by atoms with E-state index in [9.17, 15) is 8.42 Å². The molecule has 1 aromatic heterocycles. The van der Waals surface area contributed by atoms with Crippen molar-refractivity contribution in [2.24, 2.45) is 0 Å². The van der Waals surface area contributed by atoms with E-state index in [0.29, 0.717) is 26.1 Å². The second-order valence-electron chi connectivity index (χ2n) is 5.29. The Morgan fingerprint density at radius 3 is 3.00 bits per heavy atom. The summed E-state index contributed by atoms with van der Waals surface area (Å²) in [5.74, 6) is 0. The van der Waals surface area contributed by atoms with Crippen LogP contribution in [0.2, 0.25) is 0 Å². The van der Waals surface area contributed by atoms with Crippen LogP contribution in [0.15, 0.2) is 17.3 Å². The van der Waals surface area contributed by atoms with Gasteiger partial charge in [-0.1, -0.05) is 0 Å². The molecule has 1 aliphatic rings. The van der Waals surface area contributed by atoms with Crippen LogP contribution in [0.3, 0.4) is 0 Å². The fraction of sp³-hybridized carbons (Fsp3) is 0.769. The van der Waals surface area contributed by atoms with Crippen LogP contribution in [0.4, 0.5) is 0 Å². The SMILES string of the molecule is CN(CC1CCCCO1)S(=O)(=O)c1cnn(CCCO)c1. The molecule has 8 heteroatoms. The minimum atomic E-state index is -3.54. The molecule has 0 spiro atoms. The molecule has 1 N–H and O–H groups in total. The van der Waals surface area contributed by atoms with E-state index in [1.807, 2.05) is 0 Å². The molecule has 21 heavy (non-hydrogen) atoms. The highest BCUT2D eigenvalue weighted by atomic mass is 32.2. The Morgan fingerprint density at radius 2 is 2.33 bits per heavy atom. The highest BCUT2D eigenvalue weighted by Crippen LogP contribution is 2.18. The molecule has 1 aliphatic heterocycles. The van der Waals surface area contributed by atoms with Crippen molar-refractivity contribution in [2.75, 3.05) is 26.8 Å². The molecule has 0 radical (unpaired) electrons. The molecule has 7 nitrogen and oxygen atoms in total. The van der Waals surface area contributed by atoms with E-state index in [1.165, 1.54) is 21.4 Å². The largest absolute Gasteiger partial charge is 0.396 e. The first-order chi connectivity index (χ1) is 10.0. The molecule has 0 aliphatic carbocycles. The number of hydrogen-bond donors (Lipinski definition) is 1. The monoisotopic (exact) mass is 317 g/mol. The highest BCUT2D eigenvalue weighted by molar-refractivity contribution is 7.89. The molecule has 2 heterocycles. The number of rotatable bonds is 7. The summed E-state index contributed by atoms with van der Waals surface area (Å²) >= 11 is 0. The average Bonchev–Trinajstić information content (AvgIpc) is 2.95.